The molecule has 1 aliphatic heterocycles. The molecular formula is C16H19N3O5. The highest BCUT2D eigenvalue weighted by Crippen LogP contribution is 2.29. The molecule has 1 aromatic heterocycles. The number of nitrogens with zero attached hydrogens (tertiary/aromatic N) is 2. The summed E-state index contributed by atoms with van der Waals surface area (Å²) in [7, 11) is 3.09. The lowest BCUT2D eigenvalue weighted by Crippen LogP contribution is -2.35. The summed E-state index contributed by atoms with van der Waals surface area (Å²) in [6.07, 6.45) is 0. The Bertz CT molecular complexity index is 709. The first kappa shape index (κ1) is 16.1. The third-order valence-corrected chi connectivity index (χ3v) is 3.71. The molecule has 8 heteroatoms. The summed E-state index contributed by atoms with van der Waals surface area (Å²) in [4.78, 5) is 14.4. The van der Waals surface area contributed by atoms with Gasteiger partial charge in [-0.25, -0.2) is 0 Å². The molecule has 0 radical (unpaired) electrons. The van der Waals surface area contributed by atoms with Crippen molar-refractivity contribution in [3.8, 4) is 11.5 Å². The number of morpholine rings is 1. The Balaban J connectivity index is 1.72. The van der Waals surface area contributed by atoms with Gasteiger partial charge in [-0.2, -0.15) is 0 Å². The topological polar surface area (TPSA) is 86.1 Å². The Morgan fingerprint density at radius 3 is 2.71 bits per heavy atom. The lowest BCUT2D eigenvalue weighted by molar-refractivity contribution is 0.101. The van der Waals surface area contributed by atoms with Crippen molar-refractivity contribution in [1.29, 1.82) is 0 Å². The Hall–Kier alpha value is -2.74. The molecule has 0 bridgehead atoms. The predicted octanol–water partition coefficient (Wildman–Crippen LogP) is 1.78. The SMILES string of the molecule is COc1ccc(NC(=O)c2cc(N3CCOCC3)on2)c(OC)c1. The standard InChI is InChI=1S/C16H19N3O5/c1-21-11-3-4-12(14(9-11)22-2)17-16(20)13-10-15(24-18-13)19-5-7-23-8-6-19/h3-4,9-10H,5-8H2,1-2H3,(H,17,20). The van der Waals surface area contributed by atoms with Crippen molar-refractivity contribution in [3.05, 3.63) is 30.0 Å². The van der Waals surface area contributed by atoms with Gasteiger partial charge in [0.1, 0.15) is 11.5 Å². The van der Waals surface area contributed by atoms with E-state index in [1.54, 1.807) is 31.4 Å². The van der Waals surface area contributed by atoms with Gasteiger partial charge >= 0.3 is 0 Å². The second-order valence-electron chi connectivity index (χ2n) is 5.17. The molecule has 0 saturated carbocycles. The van der Waals surface area contributed by atoms with Crippen LogP contribution in [0.5, 0.6) is 11.5 Å². The first-order valence-corrected chi connectivity index (χ1v) is 7.54. The number of hydrogen-bond acceptors (Lipinski definition) is 7. The maximum absolute atomic E-state index is 12.4. The summed E-state index contributed by atoms with van der Waals surface area (Å²) in [5.41, 5.74) is 0.730. The number of hydrogen-bond donors (Lipinski definition) is 1. The lowest BCUT2D eigenvalue weighted by atomic mass is 10.2. The van der Waals surface area contributed by atoms with Crippen LogP contribution >= 0.6 is 0 Å². The number of methoxy groups -OCH3 is 2. The van der Waals surface area contributed by atoms with Crippen LogP contribution in [-0.4, -0.2) is 51.6 Å². The van der Waals surface area contributed by atoms with Crippen molar-refractivity contribution >= 4 is 17.5 Å². The summed E-state index contributed by atoms with van der Waals surface area (Å²) in [5.74, 6) is 1.33. The molecule has 1 fully saturated rings. The normalized spacial score (nSPS) is 14.3. The Morgan fingerprint density at radius 1 is 1.21 bits per heavy atom. The van der Waals surface area contributed by atoms with Crippen molar-refractivity contribution in [3.63, 3.8) is 0 Å². The number of carbonyl (C=O) groups excluding carboxylic acids is 1. The van der Waals surface area contributed by atoms with Gasteiger partial charge in [0.25, 0.3) is 5.91 Å². The van der Waals surface area contributed by atoms with Crippen LogP contribution in [-0.2, 0) is 4.74 Å². The zero-order valence-electron chi connectivity index (χ0n) is 13.6. The molecule has 2 heterocycles. The fourth-order valence-corrected chi connectivity index (χ4v) is 2.39. The first-order chi connectivity index (χ1) is 11.7. The summed E-state index contributed by atoms with van der Waals surface area (Å²) in [5, 5.41) is 6.60. The van der Waals surface area contributed by atoms with Crippen LogP contribution in [0.2, 0.25) is 0 Å². The Labute approximate surface area is 139 Å². The highest BCUT2D eigenvalue weighted by Gasteiger charge is 2.20. The maximum Gasteiger partial charge on any atom is 0.278 e. The second-order valence-corrected chi connectivity index (χ2v) is 5.17. The van der Waals surface area contributed by atoms with E-state index in [1.165, 1.54) is 7.11 Å². The fourth-order valence-electron chi connectivity index (χ4n) is 2.39. The van der Waals surface area contributed by atoms with Crippen molar-refractivity contribution < 1.29 is 23.5 Å². The van der Waals surface area contributed by atoms with Crippen LogP contribution < -0.4 is 19.7 Å². The van der Waals surface area contributed by atoms with E-state index in [1.807, 2.05) is 4.90 Å². The molecule has 3 rings (SSSR count). The van der Waals surface area contributed by atoms with E-state index in [0.29, 0.717) is 49.4 Å². The first-order valence-electron chi connectivity index (χ1n) is 7.54. The molecule has 24 heavy (non-hydrogen) atoms. The van der Waals surface area contributed by atoms with Gasteiger partial charge in [-0.1, -0.05) is 5.16 Å². The van der Waals surface area contributed by atoms with Gasteiger partial charge in [0.2, 0.25) is 5.88 Å². The van der Waals surface area contributed by atoms with Crippen molar-refractivity contribution in [2.45, 2.75) is 0 Å². The maximum atomic E-state index is 12.4. The number of nitrogens with one attached hydrogen (secondary N) is 1. The van der Waals surface area contributed by atoms with Gasteiger partial charge < -0.3 is 29.0 Å². The average molecular weight is 333 g/mol. The summed E-state index contributed by atoms with van der Waals surface area (Å²) in [6, 6.07) is 6.76. The molecule has 1 saturated heterocycles. The number of benzene rings is 1. The van der Waals surface area contributed by atoms with Gasteiger partial charge in [0, 0.05) is 25.2 Å². The minimum atomic E-state index is -0.373. The van der Waals surface area contributed by atoms with Crippen LogP contribution in [0, 0.1) is 0 Å². The second kappa shape index (κ2) is 7.22. The molecule has 1 amide bonds. The molecule has 128 valence electrons. The average Bonchev–Trinajstić information content (AvgIpc) is 3.13. The summed E-state index contributed by atoms with van der Waals surface area (Å²) in [6.45, 7) is 2.68. The predicted molar refractivity (Wildman–Crippen MR) is 87.0 cm³/mol. The molecule has 1 aliphatic rings. The van der Waals surface area contributed by atoms with Crippen molar-refractivity contribution in [2.24, 2.45) is 0 Å². The zero-order valence-corrected chi connectivity index (χ0v) is 13.6. The van der Waals surface area contributed by atoms with E-state index in [0.717, 1.165) is 0 Å². The minimum absolute atomic E-state index is 0.203. The van der Waals surface area contributed by atoms with Crippen LogP contribution in [0.15, 0.2) is 28.8 Å². The minimum Gasteiger partial charge on any atom is -0.497 e. The molecule has 0 atom stereocenters. The highest BCUT2D eigenvalue weighted by molar-refractivity contribution is 6.04. The third kappa shape index (κ3) is 3.43. The summed E-state index contributed by atoms with van der Waals surface area (Å²) >= 11 is 0. The van der Waals surface area contributed by atoms with Crippen LogP contribution in [0.25, 0.3) is 0 Å². The Kier molecular flexibility index (Phi) is 4.85. The molecule has 0 aliphatic carbocycles. The third-order valence-electron chi connectivity index (χ3n) is 3.71. The fraction of sp³-hybridized carbons (Fsp3) is 0.375. The van der Waals surface area contributed by atoms with E-state index in [4.69, 9.17) is 18.7 Å². The lowest BCUT2D eigenvalue weighted by Gasteiger charge is -2.25. The molecule has 0 spiro atoms. The van der Waals surface area contributed by atoms with Crippen molar-refractivity contribution in [2.75, 3.05) is 50.7 Å². The highest BCUT2D eigenvalue weighted by atomic mass is 16.5. The number of ether oxygens (including phenoxy) is 3. The summed E-state index contributed by atoms with van der Waals surface area (Å²) < 4.78 is 21.0. The molecule has 0 unspecified atom stereocenters. The van der Waals surface area contributed by atoms with E-state index in [-0.39, 0.29) is 11.6 Å². The van der Waals surface area contributed by atoms with E-state index >= 15 is 0 Å². The van der Waals surface area contributed by atoms with Gasteiger partial charge in [-0.05, 0) is 12.1 Å². The largest absolute Gasteiger partial charge is 0.497 e. The molecule has 1 N–H and O–H groups in total. The quantitative estimate of drug-likeness (QED) is 0.892. The van der Waals surface area contributed by atoms with E-state index in [2.05, 4.69) is 10.5 Å². The number of aromatic nitrogens is 1. The monoisotopic (exact) mass is 333 g/mol. The van der Waals surface area contributed by atoms with E-state index in [9.17, 15) is 4.79 Å². The number of anilines is 2. The molecule has 1 aromatic carbocycles. The van der Waals surface area contributed by atoms with Gasteiger partial charge in [0.15, 0.2) is 5.69 Å². The van der Waals surface area contributed by atoms with Gasteiger partial charge in [-0.3, -0.25) is 4.79 Å². The van der Waals surface area contributed by atoms with Crippen LogP contribution in [0.1, 0.15) is 10.5 Å². The van der Waals surface area contributed by atoms with Crippen molar-refractivity contribution in [1.82, 2.24) is 5.16 Å². The molecule has 2 aromatic rings. The zero-order chi connectivity index (χ0) is 16.9. The van der Waals surface area contributed by atoms with Gasteiger partial charge in [-0.15, -0.1) is 0 Å². The number of amides is 1. The smallest absolute Gasteiger partial charge is 0.278 e. The number of rotatable bonds is 5. The van der Waals surface area contributed by atoms with Crippen LogP contribution in [0.4, 0.5) is 11.6 Å². The molecular weight excluding hydrogens is 314 g/mol. The number of carbonyl (C=O) groups is 1. The van der Waals surface area contributed by atoms with Gasteiger partial charge in [0.05, 0.1) is 33.1 Å². The van der Waals surface area contributed by atoms with Crippen LogP contribution in [0.3, 0.4) is 0 Å². The molecule has 8 nitrogen and oxygen atoms in total. The Morgan fingerprint density at radius 2 is 2.00 bits per heavy atom. The van der Waals surface area contributed by atoms with E-state index < -0.39 is 0 Å².